The first-order valence-electron chi connectivity index (χ1n) is 8.26. The van der Waals surface area contributed by atoms with E-state index in [0.717, 1.165) is 31.6 Å². The molecule has 0 aromatic carbocycles. The number of carboxylic acid groups (broad SMARTS) is 1. The van der Waals surface area contributed by atoms with E-state index in [1.807, 2.05) is 0 Å². The highest BCUT2D eigenvalue weighted by Gasteiger charge is 2.44. The summed E-state index contributed by atoms with van der Waals surface area (Å²) < 4.78 is 5.46. The largest absolute Gasteiger partial charge is 0.479 e. The van der Waals surface area contributed by atoms with Gasteiger partial charge in [-0.05, 0) is 57.3 Å². The number of hydrogen-bond donors (Lipinski definition) is 1. The molecule has 0 aromatic heterocycles. The van der Waals surface area contributed by atoms with Crippen molar-refractivity contribution >= 4 is 11.9 Å². The van der Waals surface area contributed by atoms with Crippen molar-refractivity contribution in [1.82, 2.24) is 4.90 Å². The summed E-state index contributed by atoms with van der Waals surface area (Å²) in [4.78, 5) is 25.8. The Hall–Kier alpha value is -1.10. The summed E-state index contributed by atoms with van der Waals surface area (Å²) in [5.41, 5.74) is 0. The first kappa shape index (κ1) is 14.8. The molecular formula is C16H25NO4. The van der Waals surface area contributed by atoms with Crippen molar-refractivity contribution in [2.24, 2.45) is 5.92 Å². The number of carbonyl (C=O) groups excluding carboxylic acids is 1. The SMILES string of the molecule is CC1CCC(N(C(=O)[C@@H]2CC[C@H](C(=O)O)O2)C2CC2)CC1. The second-order valence-corrected chi connectivity index (χ2v) is 6.92. The van der Waals surface area contributed by atoms with Crippen LogP contribution in [0.4, 0.5) is 0 Å². The van der Waals surface area contributed by atoms with E-state index in [-0.39, 0.29) is 5.91 Å². The van der Waals surface area contributed by atoms with E-state index in [4.69, 9.17) is 9.84 Å². The Labute approximate surface area is 125 Å². The molecule has 1 saturated heterocycles. The minimum Gasteiger partial charge on any atom is -0.479 e. The van der Waals surface area contributed by atoms with Gasteiger partial charge in [-0.25, -0.2) is 4.79 Å². The molecule has 21 heavy (non-hydrogen) atoms. The number of rotatable bonds is 4. The number of hydrogen-bond acceptors (Lipinski definition) is 3. The van der Waals surface area contributed by atoms with Crippen molar-refractivity contribution in [3.05, 3.63) is 0 Å². The summed E-state index contributed by atoms with van der Waals surface area (Å²) in [6.45, 7) is 2.27. The molecule has 3 fully saturated rings. The normalized spacial score (nSPS) is 36.4. The van der Waals surface area contributed by atoms with E-state index < -0.39 is 18.2 Å². The van der Waals surface area contributed by atoms with E-state index in [0.29, 0.717) is 24.9 Å². The van der Waals surface area contributed by atoms with Crippen LogP contribution in [-0.2, 0) is 14.3 Å². The summed E-state index contributed by atoms with van der Waals surface area (Å²) in [6.07, 6.45) is 6.37. The fourth-order valence-corrected chi connectivity index (χ4v) is 3.70. The summed E-state index contributed by atoms with van der Waals surface area (Å²) in [5.74, 6) is -0.146. The Kier molecular flexibility index (Phi) is 4.20. The average molecular weight is 295 g/mol. The van der Waals surface area contributed by atoms with Crippen LogP contribution in [0.5, 0.6) is 0 Å². The molecule has 1 amide bonds. The molecule has 1 N–H and O–H groups in total. The van der Waals surface area contributed by atoms with Gasteiger partial charge in [-0.3, -0.25) is 4.79 Å². The van der Waals surface area contributed by atoms with Crippen molar-refractivity contribution < 1.29 is 19.4 Å². The summed E-state index contributed by atoms with van der Waals surface area (Å²) in [5, 5.41) is 9.00. The molecule has 5 heteroatoms. The predicted octanol–water partition coefficient (Wildman–Crippen LogP) is 2.19. The van der Waals surface area contributed by atoms with Crippen LogP contribution in [0.2, 0.25) is 0 Å². The molecule has 1 aliphatic heterocycles. The highest BCUT2D eigenvalue weighted by atomic mass is 16.5. The fourth-order valence-electron chi connectivity index (χ4n) is 3.70. The third-order valence-corrected chi connectivity index (χ3v) is 5.14. The maximum atomic E-state index is 12.8. The summed E-state index contributed by atoms with van der Waals surface area (Å²) in [6, 6.07) is 0.720. The lowest BCUT2D eigenvalue weighted by molar-refractivity contribution is -0.156. The van der Waals surface area contributed by atoms with Gasteiger partial charge in [-0.15, -0.1) is 0 Å². The molecule has 3 aliphatic rings. The molecule has 2 atom stereocenters. The number of carbonyl (C=O) groups is 2. The van der Waals surface area contributed by atoms with Crippen molar-refractivity contribution in [3.63, 3.8) is 0 Å². The molecule has 0 unspecified atom stereocenters. The van der Waals surface area contributed by atoms with Crippen LogP contribution in [0.15, 0.2) is 0 Å². The van der Waals surface area contributed by atoms with Crippen LogP contribution >= 0.6 is 0 Å². The Morgan fingerprint density at radius 3 is 1.90 bits per heavy atom. The molecule has 118 valence electrons. The second-order valence-electron chi connectivity index (χ2n) is 6.92. The van der Waals surface area contributed by atoms with E-state index in [9.17, 15) is 9.59 Å². The van der Waals surface area contributed by atoms with E-state index >= 15 is 0 Å². The standard InChI is InChI=1S/C16H25NO4/c1-10-2-4-11(5-3-10)17(12-6-7-12)15(18)13-8-9-14(21-13)16(19)20/h10-14H,2-9H2,1H3,(H,19,20)/t10?,11?,13-,14+/m0/s1. The zero-order valence-electron chi connectivity index (χ0n) is 12.7. The minimum atomic E-state index is -0.949. The topological polar surface area (TPSA) is 66.8 Å². The highest BCUT2D eigenvalue weighted by Crippen LogP contribution is 2.37. The lowest BCUT2D eigenvalue weighted by Gasteiger charge is -2.37. The highest BCUT2D eigenvalue weighted by molar-refractivity contribution is 5.83. The summed E-state index contributed by atoms with van der Waals surface area (Å²) >= 11 is 0. The van der Waals surface area contributed by atoms with Crippen molar-refractivity contribution in [3.8, 4) is 0 Å². The molecular weight excluding hydrogens is 270 g/mol. The van der Waals surface area contributed by atoms with Crippen molar-refractivity contribution in [2.45, 2.75) is 82.6 Å². The van der Waals surface area contributed by atoms with Gasteiger partial charge in [0.05, 0.1) is 0 Å². The van der Waals surface area contributed by atoms with Gasteiger partial charge in [0.25, 0.3) is 5.91 Å². The molecule has 0 spiro atoms. The summed E-state index contributed by atoms with van der Waals surface area (Å²) in [7, 11) is 0. The van der Waals surface area contributed by atoms with Crippen molar-refractivity contribution in [1.29, 1.82) is 0 Å². The predicted molar refractivity (Wildman–Crippen MR) is 76.8 cm³/mol. The lowest BCUT2D eigenvalue weighted by atomic mass is 9.86. The number of carboxylic acids is 1. The van der Waals surface area contributed by atoms with Crippen LogP contribution in [0.3, 0.4) is 0 Å². The van der Waals surface area contributed by atoms with Crippen LogP contribution in [0, 0.1) is 5.92 Å². The van der Waals surface area contributed by atoms with E-state index in [1.54, 1.807) is 0 Å². The van der Waals surface area contributed by atoms with Gasteiger partial charge in [0.1, 0.15) is 6.10 Å². The zero-order valence-corrected chi connectivity index (χ0v) is 12.7. The van der Waals surface area contributed by atoms with Gasteiger partial charge in [-0.1, -0.05) is 6.92 Å². The van der Waals surface area contributed by atoms with Gasteiger partial charge >= 0.3 is 5.97 Å². The molecule has 0 bridgehead atoms. The van der Waals surface area contributed by atoms with Gasteiger partial charge in [0.2, 0.25) is 0 Å². The number of nitrogens with zero attached hydrogens (tertiary/aromatic N) is 1. The van der Waals surface area contributed by atoms with Crippen LogP contribution in [0.25, 0.3) is 0 Å². The Morgan fingerprint density at radius 2 is 1.43 bits per heavy atom. The Balaban J connectivity index is 1.64. The monoisotopic (exact) mass is 295 g/mol. The Morgan fingerprint density at radius 1 is 0.905 bits per heavy atom. The molecule has 1 heterocycles. The van der Waals surface area contributed by atoms with Crippen LogP contribution in [0.1, 0.15) is 58.3 Å². The van der Waals surface area contributed by atoms with Crippen LogP contribution < -0.4 is 0 Å². The van der Waals surface area contributed by atoms with E-state index in [2.05, 4.69) is 11.8 Å². The molecule has 3 rings (SSSR count). The third kappa shape index (κ3) is 3.23. The van der Waals surface area contributed by atoms with Gasteiger partial charge in [0.15, 0.2) is 6.10 Å². The third-order valence-electron chi connectivity index (χ3n) is 5.14. The number of aliphatic carboxylic acids is 1. The quantitative estimate of drug-likeness (QED) is 0.863. The number of amides is 1. The van der Waals surface area contributed by atoms with E-state index in [1.165, 1.54) is 12.8 Å². The minimum absolute atomic E-state index is 0.0424. The molecule has 0 radical (unpaired) electrons. The number of ether oxygens (including phenoxy) is 1. The molecule has 0 aromatic rings. The maximum Gasteiger partial charge on any atom is 0.332 e. The van der Waals surface area contributed by atoms with Gasteiger partial charge in [0, 0.05) is 12.1 Å². The van der Waals surface area contributed by atoms with Gasteiger partial charge in [-0.2, -0.15) is 0 Å². The molecule has 2 aliphatic carbocycles. The first-order chi connectivity index (χ1) is 10.1. The maximum absolute atomic E-state index is 12.8. The molecule has 2 saturated carbocycles. The lowest BCUT2D eigenvalue weighted by Crippen LogP contribution is -2.48. The second kappa shape index (κ2) is 5.95. The van der Waals surface area contributed by atoms with Crippen LogP contribution in [-0.4, -0.2) is 46.2 Å². The first-order valence-corrected chi connectivity index (χ1v) is 8.26. The molecule has 5 nitrogen and oxygen atoms in total. The van der Waals surface area contributed by atoms with Gasteiger partial charge < -0.3 is 14.7 Å². The zero-order chi connectivity index (χ0) is 15.0. The average Bonchev–Trinajstić information content (AvgIpc) is 3.15. The smallest absolute Gasteiger partial charge is 0.332 e. The Bertz CT molecular complexity index is 413. The van der Waals surface area contributed by atoms with Crippen molar-refractivity contribution in [2.75, 3.05) is 0 Å². The fraction of sp³-hybridized carbons (Fsp3) is 0.875.